The summed E-state index contributed by atoms with van der Waals surface area (Å²) in [5.74, 6) is -5.71. The number of hydrogen-bond acceptors (Lipinski definition) is 1. The SMILES string of the molecule is NC/C=C/c1c(F)c(F)cc(F)c1F. The van der Waals surface area contributed by atoms with E-state index in [1.54, 1.807) is 0 Å². The lowest BCUT2D eigenvalue weighted by atomic mass is 10.1. The second kappa shape index (κ2) is 4.23. The molecule has 0 spiro atoms. The van der Waals surface area contributed by atoms with Gasteiger partial charge in [0.15, 0.2) is 23.3 Å². The number of halogens is 4. The van der Waals surface area contributed by atoms with Crippen molar-refractivity contribution in [2.45, 2.75) is 0 Å². The van der Waals surface area contributed by atoms with Gasteiger partial charge in [-0.25, -0.2) is 17.6 Å². The normalized spacial score (nSPS) is 11.2. The lowest BCUT2D eigenvalue weighted by Crippen LogP contribution is -1.99. The highest BCUT2D eigenvalue weighted by molar-refractivity contribution is 5.51. The van der Waals surface area contributed by atoms with Gasteiger partial charge in [0.1, 0.15) is 0 Å². The van der Waals surface area contributed by atoms with E-state index < -0.39 is 28.8 Å². The molecular weight excluding hydrogens is 198 g/mol. The molecular formula is C9H7F4N. The fourth-order valence-electron chi connectivity index (χ4n) is 0.924. The molecule has 0 unspecified atom stereocenters. The smallest absolute Gasteiger partial charge is 0.169 e. The molecule has 76 valence electrons. The Balaban J connectivity index is 3.32. The summed E-state index contributed by atoms with van der Waals surface area (Å²) in [6.07, 6.45) is 2.09. The highest BCUT2D eigenvalue weighted by Gasteiger charge is 2.16. The molecule has 0 radical (unpaired) electrons. The van der Waals surface area contributed by atoms with Crippen molar-refractivity contribution in [3.8, 4) is 0 Å². The molecule has 0 atom stereocenters. The van der Waals surface area contributed by atoms with Gasteiger partial charge < -0.3 is 5.73 Å². The third-order valence-electron chi connectivity index (χ3n) is 1.57. The maximum atomic E-state index is 12.9. The van der Waals surface area contributed by atoms with Gasteiger partial charge in [-0.1, -0.05) is 12.2 Å². The number of rotatable bonds is 2. The third-order valence-corrected chi connectivity index (χ3v) is 1.57. The van der Waals surface area contributed by atoms with Crippen LogP contribution in [0.3, 0.4) is 0 Å². The fraction of sp³-hybridized carbons (Fsp3) is 0.111. The number of benzene rings is 1. The molecule has 0 fully saturated rings. The molecule has 1 aromatic rings. The van der Waals surface area contributed by atoms with E-state index in [1.165, 1.54) is 6.08 Å². The lowest BCUT2D eigenvalue weighted by Gasteiger charge is -2.01. The molecule has 5 heteroatoms. The zero-order valence-electron chi connectivity index (χ0n) is 7.03. The molecule has 0 aromatic heterocycles. The summed E-state index contributed by atoms with van der Waals surface area (Å²) in [5, 5.41) is 0. The highest BCUT2D eigenvalue weighted by Crippen LogP contribution is 2.20. The summed E-state index contributed by atoms with van der Waals surface area (Å²) in [5.41, 5.74) is 4.28. The Labute approximate surface area is 77.8 Å². The average molecular weight is 205 g/mol. The topological polar surface area (TPSA) is 26.0 Å². The van der Waals surface area contributed by atoms with Crippen LogP contribution in [-0.4, -0.2) is 6.54 Å². The summed E-state index contributed by atoms with van der Waals surface area (Å²) in [7, 11) is 0. The van der Waals surface area contributed by atoms with Gasteiger partial charge in [-0.2, -0.15) is 0 Å². The van der Waals surface area contributed by atoms with Gasteiger partial charge in [-0.3, -0.25) is 0 Å². The van der Waals surface area contributed by atoms with Crippen LogP contribution in [0.5, 0.6) is 0 Å². The first-order valence-corrected chi connectivity index (χ1v) is 3.77. The summed E-state index contributed by atoms with van der Waals surface area (Å²) < 4.78 is 51.0. The highest BCUT2D eigenvalue weighted by atomic mass is 19.2. The van der Waals surface area contributed by atoms with Gasteiger partial charge in [-0.15, -0.1) is 0 Å². The minimum absolute atomic E-state index is 0.0248. The molecule has 0 aliphatic heterocycles. The van der Waals surface area contributed by atoms with Gasteiger partial charge in [0.25, 0.3) is 0 Å². The van der Waals surface area contributed by atoms with Crippen LogP contribution in [0.25, 0.3) is 6.08 Å². The first kappa shape index (κ1) is 10.7. The molecule has 0 bridgehead atoms. The molecule has 1 nitrogen and oxygen atoms in total. The average Bonchev–Trinajstić information content (AvgIpc) is 2.15. The molecule has 0 saturated heterocycles. The molecule has 0 amide bonds. The molecule has 2 N–H and O–H groups in total. The summed E-state index contributed by atoms with van der Waals surface area (Å²) in [6.45, 7) is 0.0248. The molecule has 1 rings (SSSR count). The second-order valence-electron chi connectivity index (χ2n) is 2.52. The van der Waals surface area contributed by atoms with Crippen molar-refractivity contribution in [1.82, 2.24) is 0 Å². The third kappa shape index (κ3) is 1.93. The Morgan fingerprint density at radius 2 is 1.57 bits per heavy atom. The van der Waals surface area contributed by atoms with Crippen molar-refractivity contribution in [1.29, 1.82) is 0 Å². The van der Waals surface area contributed by atoms with Crippen molar-refractivity contribution in [2.75, 3.05) is 6.54 Å². The lowest BCUT2D eigenvalue weighted by molar-refractivity contribution is 0.451. The zero-order valence-corrected chi connectivity index (χ0v) is 7.03. The molecule has 14 heavy (non-hydrogen) atoms. The Bertz CT molecular complexity index is 347. The van der Waals surface area contributed by atoms with E-state index in [1.807, 2.05) is 0 Å². The van der Waals surface area contributed by atoms with E-state index in [9.17, 15) is 17.6 Å². The van der Waals surface area contributed by atoms with Crippen molar-refractivity contribution >= 4 is 6.08 Å². The van der Waals surface area contributed by atoms with Crippen molar-refractivity contribution in [3.63, 3.8) is 0 Å². The predicted molar refractivity (Wildman–Crippen MR) is 44.4 cm³/mol. The van der Waals surface area contributed by atoms with Crippen LogP contribution in [0.2, 0.25) is 0 Å². The van der Waals surface area contributed by atoms with Crippen molar-refractivity contribution in [2.24, 2.45) is 5.73 Å². The van der Waals surface area contributed by atoms with Gasteiger partial charge in [0.05, 0.1) is 5.56 Å². The Morgan fingerprint density at radius 1 is 1.07 bits per heavy atom. The van der Waals surface area contributed by atoms with Crippen molar-refractivity contribution in [3.05, 3.63) is 41.0 Å². The van der Waals surface area contributed by atoms with Crippen LogP contribution in [0.15, 0.2) is 12.1 Å². The molecule has 0 aliphatic rings. The first-order valence-electron chi connectivity index (χ1n) is 3.77. The summed E-state index contributed by atoms with van der Waals surface area (Å²) in [6, 6.07) is 0.157. The van der Waals surface area contributed by atoms with E-state index in [2.05, 4.69) is 0 Å². The van der Waals surface area contributed by atoms with Crippen molar-refractivity contribution < 1.29 is 17.6 Å². The van der Waals surface area contributed by atoms with E-state index in [0.717, 1.165) is 6.08 Å². The molecule has 0 saturated carbocycles. The second-order valence-corrected chi connectivity index (χ2v) is 2.52. The van der Waals surface area contributed by atoms with Crippen LogP contribution in [0, 0.1) is 23.3 Å². The van der Waals surface area contributed by atoms with Gasteiger partial charge in [-0.05, 0) is 0 Å². The molecule has 0 heterocycles. The van der Waals surface area contributed by atoms with Crippen LogP contribution >= 0.6 is 0 Å². The maximum Gasteiger partial charge on any atom is 0.169 e. The van der Waals surface area contributed by atoms with E-state index >= 15 is 0 Å². The summed E-state index contributed by atoms with van der Waals surface area (Å²) >= 11 is 0. The number of hydrogen-bond donors (Lipinski definition) is 1. The van der Waals surface area contributed by atoms with E-state index in [-0.39, 0.29) is 12.6 Å². The van der Waals surface area contributed by atoms with Crippen LogP contribution in [0.1, 0.15) is 5.56 Å². The summed E-state index contributed by atoms with van der Waals surface area (Å²) in [4.78, 5) is 0. The van der Waals surface area contributed by atoms with Crippen LogP contribution in [0.4, 0.5) is 17.6 Å². The Kier molecular flexibility index (Phi) is 3.24. The fourth-order valence-corrected chi connectivity index (χ4v) is 0.924. The minimum Gasteiger partial charge on any atom is -0.327 e. The molecule has 1 aromatic carbocycles. The predicted octanol–water partition coefficient (Wildman–Crippen LogP) is 2.21. The van der Waals surface area contributed by atoms with Crippen LogP contribution in [-0.2, 0) is 0 Å². The zero-order chi connectivity index (χ0) is 10.7. The van der Waals surface area contributed by atoms with Gasteiger partial charge in [0, 0.05) is 12.6 Å². The maximum absolute atomic E-state index is 12.9. The van der Waals surface area contributed by atoms with Gasteiger partial charge in [0.2, 0.25) is 0 Å². The first-order chi connectivity index (χ1) is 6.57. The minimum atomic E-state index is -1.43. The monoisotopic (exact) mass is 205 g/mol. The Morgan fingerprint density at radius 3 is 2.00 bits per heavy atom. The van der Waals surface area contributed by atoms with E-state index in [0.29, 0.717) is 0 Å². The standard InChI is InChI=1S/C9H7F4N/c10-6-4-7(11)9(13)5(8(6)12)2-1-3-14/h1-2,4H,3,14H2/b2-1+. The quantitative estimate of drug-likeness (QED) is 0.581. The molecule has 0 aliphatic carbocycles. The number of nitrogens with two attached hydrogens (primary N) is 1. The van der Waals surface area contributed by atoms with Gasteiger partial charge >= 0.3 is 0 Å². The van der Waals surface area contributed by atoms with E-state index in [4.69, 9.17) is 5.73 Å². The largest absolute Gasteiger partial charge is 0.327 e. The van der Waals surface area contributed by atoms with Crippen LogP contribution < -0.4 is 5.73 Å². The Hall–Kier alpha value is -1.36.